The fourth-order valence-corrected chi connectivity index (χ4v) is 4.12. The van der Waals surface area contributed by atoms with E-state index < -0.39 is 0 Å². The first-order valence-electron chi connectivity index (χ1n) is 8.74. The van der Waals surface area contributed by atoms with Crippen molar-refractivity contribution in [1.82, 2.24) is 20.2 Å². The van der Waals surface area contributed by atoms with Crippen LogP contribution in [0.1, 0.15) is 25.0 Å². The summed E-state index contributed by atoms with van der Waals surface area (Å²) >= 11 is 5.58. The molecule has 1 N–H and O–H groups in total. The second kappa shape index (κ2) is 6.64. The molecule has 2 fully saturated rings. The molecule has 0 amide bonds. The van der Waals surface area contributed by atoms with Crippen molar-refractivity contribution in [3.8, 4) is 0 Å². The summed E-state index contributed by atoms with van der Waals surface area (Å²) in [7, 11) is 2.09. The summed E-state index contributed by atoms with van der Waals surface area (Å²) < 4.78 is 0. The molecule has 7 heteroatoms. The maximum Gasteiger partial charge on any atom is 0.189 e. The third kappa shape index (κ3) is 2.98. The topological polar surface area (TPSA) is 47.0 Å². The van der Waals surface area contributed by atoms with Crippen LogP contribution in [-0.4, -0.2) is 71.4 Å². The third-order valence-electron chi connectivity index (χ3n) is 5.32. The van der Waals surface area contributed by atoms with Crippen molar-refractivity contribution in [2.45, 2.75) is 25.3 Å². The second-order valence-corrected chi connectivity index (χ2v) is 7.18. The van der Waals surface area contributed by atoms with E-state index in [1.165, 1.54) is 19.4 Å². The molecule has 4 rings (SSSR count). The molecular formula is C17H24N6S. The van der Waals surface area contributed by atoms with E-state index in [9.17, 15) is 0 Å². The summed E-state index contributed by atoms with van der Waals surface area (Å²) in [5.41, 5.74) is 6.21. The summed E-state index contributed by atoms with van der Waals surface area (Å²) in [5, 5.41) is 5.34. The van der Waals surface area contributed by atoms with Gasteiger partial charge in [0.2, 0.25) is 0 Å². The number of nitrogens with one attached hydrogen (secondary N) is 1. The van der Waals surface area contributed by atoms with Crippen molar-refractivity contribution < 1.29 is 0 Å². The average Bonchev–Trinajstić information content (AvgIpc) is 3.09. The van der Waals surface area contributed by atoms with E-state index in [0.717, 1.165) is 54.8 Å². The molecule has 1 aromatic rings. The minimum Gasteiger partial charge on any atom is -0.372 e. The summed E-state index contributed by atoms with van der Waals surface area (Å²) in [6, 6.07) is 4.73. The zero-order valence-corrected chi connectivity index (χ0v) is 14.9. The van der Waals surface area contributed by atoms with Gasteiger partial charge in [-0.15, -0.1) is 0 Å². The quantitative estimate of drug-likeness (QED) is 0.612. The van der Waals surface area contributed by atoms with Crippen LogP contribution in [0.15, 0.2) is 23.4 Å². The molecule has 1 unspecified atom stereocenters. The lowest BCUT2D eigenvalue weighted by molar-refractivity contribution is 0.151. The number of hydrogen-bond donors (Lipinski definition) is 1. The van der Waals surface area contributed by atoms with Gasteiger partial charge in [-0.3, -0.25) is 15.3 Å². The molecule has 0 spiro atoms. The van der Waals surface area contributed by atoms with Crippen molar-refractivity contribution >= 4 is 28.7 Å². The molecule has 24 heavy (non-hydrogen) atoms. The molecule has 128 valence electrons. The Kier molecular flexibility index (Phi) is 4.37. The number of anilines is 1. The van der Waals surface area contributed by atoms with E-state index in [1.807, 2.05) is 12.3 Å². The van der Waals surface area contributed by atoms with Crippen LogP contribution in [0.3, 0.4) is 0 Å². The number of aromatic nitrogens is 1. The molecule has 3 aliphatic rings. The highest BCUT2D eigenvalue weighted by atomic mass is 32.1. The molecule has 1 aromatic heterocycles. The van der Waals surface area contributed by atoms with Crippen LogP contribution < -0.4 is 10.3 Å². The first-order valence-corrected chi connectivity index (χ1v) is 9.15. The van der Waals surface area contributed by atoms with Gasteiger partial charge in [-0.25, -0.2) is 0 Å². The molecular weight excluding hydrogens is 320 g/mol. The Morgan fingerprint density at radius 1 is 1.33 bits per heavy atom. The van der Waals surface area contributed by atoms with Gasteiger partial charge in [0.15, 0.2) is 5.11 Å². The van der Waals surface area contributed by atoms with Crippen LogP contribution in [0.2, 0.25) is 0 Å². The number of rotatable bonds is 1. The minimum atomic E-state index is 0.664. The van der Waals surface area contributed by atoms with Gasteiger partial charge in [0.1, 0.15) is 5.69 Å². The molecule has 2 saturated heterocycles. The third-order valence-corrected chi connectivity index (χ3v) is 5.67. The summed E-state index contributed by atoms with van der Waals surface area (Å²) in [6.45, 7) is 5.32. The van der Waals surface area contributed by atoms with Gasteiger partial charge in [-0.05, 0) is 43.7 Å². The number of hydrazone groups is 1. The van der Waals surface area contributed by atoms with E-state index in [2.05, 4.69) is 43.3 Å². The fraction of sp³-hybridized carbons (Fsp3) is 0.588. The van der Waals surface area contributed by atoms with Crippen molar-refractivity contribution in [2.75, 3.05) is 44.7 Å². The molecule has 6 nitrogen and oxygen atoms in total. The van der Waals surface area contributed by atoms with Gasteiger partial charge in [0, 0.05) is 51.9 Å². The van der Waals surface area contributed by atoms with Crippen molar-refractivity contribution in [3.63, 3.8) is 0 Å². The van der Waals surface area contributed by atoms with Gasteiger partial charge < -0.3 is 9.80 Å². The van der Waals surface area contributed by atoms with Gasteiger partial charge in [-0.2, -0.15) is 5.10 Å². The molecule has 3 aliphatic heterocycles. The van der Waals surface area contributed by atoms with Crippen LogP contribution in [0, 0.1) is 0 Å². The summed E-state index contributed by atoms with van der Waals surface area (Å²) in [6.07, 6.45) is 5.31. The van der Waals surface area contributed by atoms with E-state index in [0.29, 0.717) is 6.04 Å². The van der Waals surface area contributed by atoms with Gasteiger partial charge in [0.25, 0.3) is 0 Å². The molecule has 4 heterocycles. The largest absolute Gasteiger partial charge is 0.372 e. The molecule has 0 radical (unpaired) electrons. The highest BCUT2D eigenvalue weighted by molar-refractivity contribution is 7.80. The zero-order chi connectivity index (χ0) is 16.5. The number of thiocarbonyl (C=S) groups is 1. The van der Waals surface area contributed by atoms with Crippen molar-refractivity contribution in [3.05, 3.63) is 24.0 Å². The Morgan fingerprint density at radius 3 is 3.17 bits per heavy atom. The first-order chi connectivity index (χ1) is 11.7. The van der Waals surface area contributed by atoms with Crippen molar-refractivity contribution in [1.29, 1.82) is 0 Å². The maximum absolute atomic E-state index is 5.58. The van der Waals surface area contributed by atoms with Crippen molar-refractivity contribution in [2.24, 2.45) is 5.10 Å². The highest BCUT2D eigenvalue weighted by Gasteiger charge is 2.31. The van der Waals surface area contributed by atoms with Crippen LogP contribution in [0.5, 0.6) is 0 Å². The Balaban J connectivity index is 1.43. The SMILES string of the molecule is CN1CC/C(=N/NC(=S)N2CCN3CCCC3C2)c2ncccc21. The predicted molar refractivity (Wildman–Crippen MR) is 101 cm³/mol. The number of nitrogens with zero attached hydrogens (tertiary/aromatic N) is 5. The van der Waals surface area contributed by atoms with Gasteiger partial charge >= 0.3 is 0 Å². The smallest absolute Gasteiger partial charge is 0.189 e. The van der Waals surface area contributed by atoms with E-state index in [-0.39, 0.29) is 0 Å². The lowest BCUT2D eigenvalue weighted by Crippen LogP contribution is -2.54. The maximum atomic E-state index is 5.58. The number of hydrogen-bond acceptors (Lipinski definition) is 5. The number of fused-ring (bicyclic) bond motifs is 2. The van der Waals surface area contributed by atoms with Crippen LogP contribution in [0.25, 0.3) is 0 Å². The highest BCUT2D eigenvalue weighted by Crippen LogP contribution is 2.24. The predicted octanol–water partition coefficient (Wildman–Crippen LogP) is 1.28. The minimum absolute atomic E-state index is 0.664. The van der Waals surface area contributed by atoms with E-state index >= 15 is 0 Å². The Morgan fingerprint density at radius 2 is 2.25 bits per heavy atom. The van der Waals surface area contributed by atoms with Crippen LogP contribution in [0.4, 0.5) is 5.69 Å². The van der Waals surface area contributed by atoms with Gasteiger partial charge in [-0.1, -0.05) is 0 Å². The average molecular weight is 344 g/mol. The second-order valence-electron chi connectivity index (χ2n) is 6.80. The summed E-state index contributed by atoms with van der Waals surface area (Å²) in [5.74, 6) is 0. The lowest BCUT2D eigenvalue weighted by Gasteiger charge is -2.38. The Labute approximate surface area is 148 Å². The molecule has 0 saturated carbocycles. The molecule has 1 atom stereocenters. The Hall–Kier alpha value is -1.73. The van der Waals surface area contributed by atoms with Gasteiger partial charge in [0.05, 0.1) is 11.4 Å². The lowest BCUT2D eigenvalue weighted by atomic mass is 10.1. The number of piperazine rings is 1. The van der Waals surface area contributed by atoms with Crippen LogP contribution in [-0.2, 0) is 0 Å². The van der Waals surface area contributed by atoms with E-state index in [4.69, 9.17) is 12.2 Å². The monoisotopic (exact) mass is 344 g/mol. The first kappa shape index (κ1) is 15.8. The van der Waals surface area contributed by atoms with Crippen LogP contribution >= 0.6 is 12.2 Å². The molecule has 0 bridgehead atoms. The molecule has 0 aliphatic carbocycles. The molecule has 0 aromatic carbocycles. The standard InChI is InChI=1S/C17H24N6S/c1-21-9-6-14(16-15(21)5-2-7-18-16)19-20-17(24)23-11-10-22-8-3-4-13(22)12-23/h2,5,7,13H,3-4,6,8-12H2,1H3,(H,20,24)/b19-14-. The number of pyridine rings is 1. The zero-order valence-electron chi connectivity index (χ0n) is 14.1. The normalized spacial score (nSPS) is 25.5. The Bertz CT molecular complexity index is 660. The fourth-order valence-electron chi connectivity index (χ4n) is 3.91. The summed E-state index contributed by atoms with van der Waals surface area (Å²) in [4.78, 5) is 11.6. The van der Waals surface area contributed by atoms with E-state index in [1.54, 1.807) is 0 Å².